The third-order valence-corrected chi connectivity index (χ3v) is 2.20. The minimum Gasteiger partial charge on any atom is -0.489 e. The van der Waals surface area contributed by atoms with Crippen molar-refractivity contribution in [1.82, 2.24) is 0 Å². The predicted molar refractivity (Wildman–Crippen MR) is 65.8 cm³/mol. The van der Waals surface area contributed by atoms with Gasteiger partial charge < -0.3 is 9.53 Å². The fourth-order valence-corrected chi connectivity index (χ4v) is 1.35. The Hall–Kier alpha value is -1.57. The Morgan fingerprint density at radius 2 is 2.06 bits per heavy atom. The Balaban J connectivity index is 2.41. The van der Waals surface area contributed by atoms with Gasteiger partial charge in [-0.1, -0.05) is 18.7 Å². The maximum Gasteiger partial charge on any atom is 0.120 e. The Labute approximate surface area is 96.9 Å². The first-order chi connectivity index (χ1) is 7.72. The standard InChI is InChI=1S/C14H18O2/c1-12(2)11-16-14-8-6-13(7-9-14)5-3-4-10-15/h6-10H,1,3-5,11H2,2H3. The summed E-state index contributed by atoms with van der Waals surface area (Å²) in [4.78, 5) is 10.2. The van der Waals surface area contributed by atoms with Crippen LogP contribution < -0.4 is 4.74 Å². The first-order valence-corrected chi connectivity index (χ1v) is 5.52. The number of hydrogen-bond acceptors (Lipinski definition) is 2. The average Bonchev–Trinajstić information content (AvgIpc) is 2.28. The summed E-state index contributed by atoms with van der Waals surface area (Å²) in [5.74, 6) is 0.863. The number of ether oxygens (including phenoxy) is 1. The first kappa shape index (κ1) is 12.5. The lowest BCUT2D eigenvalue weighted by atomic mass is 10.1. The van der Waals surface area contributed by atoms with E-state index in [9.17, 15) is 4.79 Å². The summed E-state index contributed by atoms with van der Waals surface area (Å²) in [5, 5.41) is 0. The zero-order valence-corrected chi connectivity index (χ0v) is 9.74. The van der Waals surface area contributed by atoms with E-state index in [1.807, 2.05) is 31.2 Å². The summed E-state index contributed by atoms with van der Waals surface area (Å²) in [7, 11) is 0. The highest BCUT2D eigenvalue weighted by Gasteiger charge is 1.96. The molecule has 0 amide bonds. The molecule has 1 rings (SSSR count). The van der Waals surface area contributed by atoms with Gasteiger partial charge in [-0.3, -0.25) is 0 Å². The zero-order valence-electron chi connectivity index (χ0n) is 9.74. The van der Waals surface area contributed by atoms with Crippen molar-refractivity contribution in [2.75, 3.05) is 6.61 Å². The fraction of sp³-hybridized carbons (Fsp3) is 0.357. The molecule has 2 nitrogen and oxygen atoms in total. The maximum atomic E-state index is 10.2. The van der Waals surface area contributed by atoms with E-state index in [0.29, 0.717) is 13.0 Å². The van der Waals surface area contributed by atoms with Crippen molar-refractivity contribution in [1.29, 1.82) is 0 Å². The molecule has 16 heavy (non-hydrogen) atoms. The third kappa shape index (κ3) is 4.78. The molecule has 0 N–H and O–H groups in total. The van der Waals surface area contributed by atoms with Crippen LogP contribution in [0.4, 0.5) is 0 Å². The fourth-order valence-electron chi connectivity index (χ4n) is 1.35. The topological polar surface area (TPSA) is 26.3 Å². The van der Waals surface area contributed by atoms with Gasteiger partial charge in [0, 0.05) is 6.42 Å². The number of aldehydes is 1. The van der Waals surface area contributed by atoms with Crippen LogP contribution in [0.15, 0.2) is 36.4 Å². The lowest BCUT2D eigenvalue weighted by Crippen LogP contribution is -1.97. The summed E-state index contributed by atoms with van der Waals surface area (Å²) in [5.41, 5.74) is 2.25. The molecule has 86 valence electrons. The largest absolute Gasteiger partial charge is 0.489 e. The highest BCUT2D eigenvalue weighted by atomic mass is 16.5. The molecule has 1 aromatic carbocycles. The van der Waals surface area contributed by atoms with Crippen molar-refractivity contribution in [2.45, 2.75) is 26.2 Å². The first-order valence-electron chi connectivity index (χ1n) is 5.52. The third-order valence-electron chi connectivity index (χ3n) is 2.20. The van der Waals surface area contributed by atoms with Gasteiger partial charge in [0.2, 0.25) is 0 Å². The molecule has 0 aliphatic heterocycles. The minimum atomic E-state index is 0.560. The van der Waals surface area contributed by atoms with Gasteiger partial charge >= 0.3 is 0 Å². The number of rotatable bonds is 7. The van der Waals surface area contributed by atoms with Crippen molar-refractivity contribution in [3.05, 3.63) is 42.0 Å². The number of carbonyl (C=O) groups excluding carboxylic acids is 1. The molecule has 0 unspecified atom stereocenters. The van der Waals surface area contributed by atoms with Crippen LogP contribution in [0.5, 0.6) is 5.75 Å². The number of aryl methyl sites for hydroxylation is 1. The van der Waals surface area contributed by atoms with Gasteiger partial charge in [-0.2, -0.15) is 0 Å². The highest BCUT2D eigenvalue weighted by molar-refractivity contribution is 5.49. The van der Waals surface area contributed by atoms with Crippen molar-refractivity contribution >= 4 is 6.29 Å². The SMILES string of the molecule is C=C(C)COc1ccc(CCCC=O)cc1. The number of carbonyl (C=O) groups is 1. The van der Waals surface area contributed by atoms with Crippen molar-refractivity contribution in [2.24, 2.45) is 0 Å². The van der Waals surface area contributed by atoms with Gasteiger partial charge in [-0.15, -0.1) is 0 Å². The van der Waals surface area contributed by atoms with Gasteiger partial charge in [0.05, 0.1) is 0 Å². The van der Waals surface area contributed by atoms with E-state index in [1.54, 1.807) is 0 Å². The van der Waals surface area contributed by atoms with E-state index >= 15 is 0 Å². The van der Waals surface area contributed by atoms with E-state index in [1.165, 1.54) is 5.56 Å². The van der Waals surface area contributed by atoms with E-state index in [0.717, 1.165) is 30.5 Å². The molecule has 0 aliphatic carbocycles. The van der Waals surface area contributed by atoms with E-state index in [-0.39, 0.29) is 0 Å². The summed E-state index contributed by atoms with van der Waals surface area (Å²) < 4.78 is 5.49. The smallest absolute Gasteiger partial charge is 0.120 e. The van der Waals surface area contributed by atoms with E-state index < -0.39 is 0 Å². The van der Waals surface area contributed by atoms with Crippen molar-refractivity contribution in [3.63, 3.8) is 0 Å². The summed E-state index contributed by atoms with van der Waals surface area (Å²) in [6.45, 7) is 6.28. The van der Waals surface area contributed by atoms with Crippen LogP contribution in [0.3, 0.4) is 0 Å². The molecule has 0 fully saturated rings. The molecule has 0 aliphatic rings. The van der Waals surface area contributed by atoms with Gasteiger partial charge in [0.15, 0.2) is 0 Å². The molecule has 0 atom stereocenters. The van der Waals surface area contributed by atoms with Crippen LogP contribution in [0, 0.1) is 0 Å². The van der Waals surface area contributed by atoms with Crippen molar-refractivity contribution in [3.8, 4) is 5.75 Å². The minimum absolute atomic E-state index is 0.560. The molecular formula is C14H18O2. The molecule has 0 saturated heterocycles. The van der Waals surface area contributed by atoms with Gasteiger partial charge in [-0.05, 0) is 43.0 Å². The number of unbranched alkanes of at least 4 members (excludes halogenated alkanes) is 1. The van der Waals surface area contributed by atoms with Crippen LogP contribution in [-0.4, -0.2) is 12.9 Å². The monoisotopic (exact) mass is 218 g/mol. The highest BCUT2D eigenvalue weighted by Crippen LogP contribution is 2.14. The molecule has 0 aromatic heterocycles. The summed E-state index contributed by atoms with van der Waals surface area (Å²) in [6, 6.07) is 8.00. The normalized spacial score (nSPS) is 9.81. The van der Waals surface area contributed by atoms with Gasteiger partial charge in [-0.25, -0.2) is 0 Å². The Bertz CT molecular complexity index is 338. The molecule has 0 spiro atoms. The number of benzene rings is 1. The quantitative estimate of drug-likeness (QED) is 0.399. The summed E-state index contributed by atoms with van der Waals surface area (Å²) in [6.07, 6.45) is 3.45. The molecular weight excluding hydrogens is 200 g/mol. The molecule has 0 bridgehead atoms. The van der Waals surface area contributed by atoms with E-state index in [2.05, 4.69) is 6.58 Å². The van der Waals surface area contributed by atoms with Crippen LogP contribution >= 0.6 is 0 Å². The molecule has 2 heteroatoms. The molecule has 0 heterocycles. The van der Waals surface area contributed by atoms with Crippen LogP contribution in [0.2, 0.25) is 0 Å². The van der Waals surface area contributed by atoms with Crippen LogP contribution in [-0.2, 0) is 11.2 Å². The lowest BCUT2D eigenvalue weighted by molar-refractivity contribution is -0.107. The zero-order chi connectivity index (χ0) is 11.8. The average molecular weight is 218 g/mol. The maximum absolute atomic E-state index is 10.2. The molecule has 1 aromatic rings. The predicted octanol–water partition coefficient (Wildman–Crippen LogP) is 3.16. The van der Waals surface area contributed by atoms with E-state index in [4.69, 9.17) is 4.74 Å². The second kappa shape index (κ2) is 6.83. The summed E-state index contributed by atoms with van der Waals surface area (Å²) >= 11 is 0. The second-order valence-corrected chi connectivity index (χ2v) is 3.95. The van der Waals surface area contributed by atoms with Crippen molar-refractivity contribution < 1.29 is 9.53 Å². The Morgan fingerprint density at radius 3 is 2.62 bits per heavy atom. The van der Waals surface area contributed by atoms with Crippen LogP contribution in [0.1, 0.15) is 25.3 Å². The Kier molecular flexibility index (Phi) is 5.34. The molecule has 0 radical (unpaired) electrons. The molecule has 0 saturated carbocycles. The lowest BCUT2D eigenvalue weighted by Gasteiger charge is -2.06. The number of hydrogen-bond donors (Lipinski definition) is 0. The van der Waals surface area contributed by atoms with Gasteiger partial charge in [0.1, 0.15) is 18.6 Å². The second-order valence-electron chi connectivity index (χ2n) is 3.95. The van der Waals surface area contributed by atoms with Crippen LogP contribution in [0.25, 0.3) is 0 Å². The van der Waals surface area contributed by atoms with Gasteiger partial charge in [0.25, 0.3) is 0 Å². The Morgan fingerprint density at radius 1 is 1.38 bits per heavy atom.